The van der Waals surface area contributed by atoms with E-state index in [9.17, 15) is 0 Å². The van der Waals surface area contributed by atoms with Crippen LogP contribution in [0.5, 0.6) is 5.75 Å². The van der Waals surface area contributed by atoms with Crippen LogP contribution in [0.3, 0.4) is 0 Å². The highest BCUT2D eigenvalue weighted by molar-refractivity contribution is 5.71. The van der Waals surface area contributed by atoms with Crippen LogP contribution in [-0.4, -0.2) is 12.1 Å². The number of benzene rings is 1. The molecule has 0 saturated carbocycles. The number of methoxy groups -OCH3 is 1. The maximum absolute atomic E-state index is 5.36. The normalized spacial score (nSPS) is 10.0. The Bertz CT molecular complexity index is 546. The lowest BCUT2D eigenvalue weighted by Crippen LogP contribution is -1.91. The molecule has 0 fully saturated rings. The second-order valence-electron chi connectivity index (χ2n) is 3.88. The van der Waals surface area contributed by atoms with Gasteiger partial charge in [0.2, 0.25) is 0 Å². The zero-order valence-electron chi connectivity index (χ0n) is 10.1. The first kappa shape index (κ1) is 11.4. The lowest BCUT2D eigenvalue weighted by atomic mass is 10.0. The highest BCUT2D eigenvalue weighted by Gasteiger charge is 2.07. The van der Waals surface area contributed by atoms with Gasteiger partial charge >= 0.3 is 0 Å². The summed E-state index contributed by atoms with van der Waals surface area (Å²) in [4.78, 5) is 4.38. The zero-order chi connectivity index (χ0) is 12.3. The molecule has 0 saturated heterocycles. The lowest BCUT2D eigenvalue weighted by molar-refractivity contribution is 0.416. The van der Waals surface area contributed by atoms with Crippen LogP contribution in [-0.2, 0) is 0 Å². The molecule has 0 amide bonds. The van der Waals surface area contributed by atoms with E-state index in [1.807, 2.05) is 42.6 Å². The molecule has 0 atom stereocenters. The Kier molecular flexibility index (Phi) is 3.24. The average molecular weight is 225 g/mol. The van der Waals surface area contributed by atoms with Crippen molar-refractivity contribution in [2.45, 2.75) is 6.92 Å². The van der Waals surface area contributed by atoms with Gasteiger partial charge in [-0.15, -0.1) is 0 Å². The van der Waals surface area contributed by atoms with Crippen molar-refractivity contribution >= 4 is 6.08 Å². The van der Waals surface area contributed by atoms with Crippen LogP contribution >= 0.6 is 0 Å². The van der Waals surface area contributed by atoms with E-state index in [1.54, 1.807) is 7.11 Å². The molecule has 0 unspecified atom stereocenters. The summed E-state index contributed by atoms with van der Waals surface area (Å²) < 4.78 is 5.36. The number of rotatable bonds is 3. The smallest absolute Gasteiger partial charge is 0.128 e. The van der Waals surface area contributed by atoms with Crippen molar-refractivity contribution in [2.24, 2.45) is 0 Å². The topological polar surface area (TPSA) is 22.1 Å². The van der Waals surface area contributed by atoms with E-state index < -0.39 is 0 Å². The van der Waals surface area contributed by atoms with Crippen LogP contribution in [0.15, 0.2) is 43.1 Å². The highest BCUT2D eigenvalue weighted by Crippen LogP contribution is 2.30. The molecule has 0 N–H and O–H groups in total. The van der Waals surface area contributed by atoms with Crippen molar-refractivity contribution in [3.8, 4) is 17.0 Å². The Morgan fingerprint density at radius 1 is 1.24 bits per heavy atom. The monoisotopic (exact) mass is 225 g/mol. The lowest BCUT2D eigenvalue weighted by Gasteiger charge is -2.09. The number of hydrogen-bond acceptors (Lipinski definition) is 2. The molecule has 2 aromatic rings. The van der Waals surface area contributed by atoms with Crippen LogP contribution < -0.4 is 4.74 Å². The van der Waals surface area contributed by atoms with Gasteiger partial charge in [-0.2, -0.15) is 0 Å². The molecule has 2 heteroatoms. The standard InChI is InChI=1S/C15H15NO/c1-4-12-5-6-15(17-3)13(10-12)14-9-11(2)7-8-16-14/h4-10H,1H2,2-3H3. The predicted octanol–water partition coefficient (Wildman–Crippen LogP) is 3.71. The maximum Gasteiger partial charge on any atom is 0.128 e. The fraction of sp³-hybridized carbons (Fsp3) is 0.133. The van der Waals surface area contributed by atoms with Gasteiger partial charge in [0.1, 0.15) is 5.75 Å². The third kappa shape index (κ3) is 2.36. The second-order valence-corrected chi connectivity index (χ2v) is 3.88. The molecule has 2 nitrogen and oxygen atoms in total. The summed E-state index contributed by atoms with van der Waals surface area (Å²) >= 11 is 0. The minimum atomic E-state index is 0.828. The quantitative estimate of drug-likeness (QED) is 0.794. The average Bonchev–Trinajstić information content (AvgIpc) is 2.38. The maximum atomic E-state index is 5.36. The minimum Gasteiger partial charge on any atom is -0.496 e. The largest absolute Gasteiger partial charge is 0.496 e. The Hall–Kier alpha value is -2.09. The van der Waals surface area contributed by atoms with Crippen molar-refractivity contribution in [3.63, 3.8) is 0 Å². The van der Waals surface area contributed by atoms with Gasteiger partial charge in [0, 0.05) is 11.8 Å². The number of hydrogen-bond donors (Lipinski definition) is 0. The van der Waals surface area contributed by atoms with E-state index in [0.29, 0.717) is 0 Å². The van der Waals surface area contributed by atoms with Crippen LogP contribution in [0.1, 0.15) is 11.1 Å². The first-order valence-corrected chi connectivity index (χ1v) is 5.48. The molecule has 1 heterocycles. The molecular weight excluding hydrogens is 210 g/mol. The van der Waals surface area contributed by atoms with Crippen LogP contribution in [0.2, 0.25) is 0 Å². The van der Waals surface area contributed by atoms with Crippen LogP contribution in [0.25, 0.3) is 17.3 Å². The van der Waals surface area contributed by atoms with Crippen LogP contribution in [0.4, 0.5) is 0 Å². The molecule has 0 radical (unpaired) electrons. The van der Waals surface area contributed by atoms with Crippen molar-refractivity contribution in [1.82, 2.24) is 4.98 Å². The van der Waals surface area contributed by atoms with Gasteiger partial charge in [-0.05, 0) is 42.3 Å². The zero-order valence-corrected chi connectivity index (χ0v) is 10.1. The van der Waals surface area contributed by atoms with Crippen molar-refractivity contribution in [1.29, 1.82) is 0 Å². The Morgan fingerprint density at radius 2 is 2.06 bits per heavy atom. The first-order chi connectivity index (χ1) is 8.24. The third-order valence-electron chi connectivity index (χ3n) is 2.65. The molecule has 0 aliphatic rings. The summed E-state index contributed by atoms with van der Waals surface area (Å²) in [6, 6.07) is 9.98. The summed E-state index contributed by atoms with van der Waals surface area (Å²) in [7, 11) is 1.67. The molecule has 0 aliphatic carbocycles. The Labute approximate surface area is 102 Å². The molecule has 0 spiro atoms. The first-order valence-electron chi connectivity index (χ1n) is 5.48. The highest BCUT2D eigenvalue weighted by atomic mass is 16.5. The van der Waals surface area contributed by atoms with Gasteiger partial charge in [-0.25, -0.2) is 0 Å². The minimum absolute atomic E-state index is 0.828. The van der Waals surface area contributed by atoms with E-state index in [1.165, 1.54) is 5.56 Å². The summed E-state index contributed by atoms with van der Waals surface area (Å²) in [6.45, 7) is 5.83. The van der Waals surface area contributed by atoms with Gasteiger partial charge in [0.15, 0.2) is 0 Å². The van der Waals surface area contributed by atoms with E-state index in [4.69, 9.17) is 4.74 Å². The molecule has 86 valence electrons. The van der Waals surface area contributed by atoms with Gasteiger partial charge < -0.3 is 4.74 Å². The summed E-state index contributed by atoms with van der Waals surface area (Å²) in [5, 5.41) is 0. The molecular formula is C15H15NO. The SMILES string of the molecule is C=Cc1ccc(OC)c(-c2cc(C)ccn2)c1. The number of aryl methyl sites for hydroxylation is 1. The Balaban J connectivity index is 2.59. The molecule has 17 heavy (non-hydrogen) atoms. The summed E-state index contributed by atoms with van der Waals surface area (Å²) in [5.74, 6) is 0.828. The van der Waals surface area contributed by atoms with E-state index in [2.05, 4.69) is 18.5 Å². The van der Waals surface area contributed by atoms with Gasteiger partial charge in [-0.3, -0.25) is 4.98 Å². The summed E-state index contributed by atoms with van der Waals surface area (Å²) in [5.41, 5.74) is 4.16. The van der Waals surface area contributed by atoms with Gasteiger partial charge in [0.05, 0.1) is 12.8 Å². The number of nitrogens with zero attached hydrogens (tertiary/aromatic N) is 1. The number of ether oxygens (including phenoxy) is 1. The Morgan fingerprint density at radius 3 is 2.71 bits per heavy atom. The van der Waals surface area contributed by atoms with E-state index in [-0.39, 0.29) is 0 Å². The van der Waals surface area contributed by atoms with Gasteiger partial charge in [0.25, 0.3) is 0 Å². The van der Waals surface area contributed by atoms with Crippen molar-refractivity contribution < 1.29 is 4.74 Å². The number of aromatic nitrogens is 1. The van der Waals surface area contributed by atoms with E-state index >= 15 is 0 Å². The summed E-state index contributed by atoms with van der Waals surface area (Å²) in [6.07, 6.45) is 3.63. The molecule has 2 rings (SSSR count). The third-order valence-corrected chi connectivity index (χ3v) is 2.65. The van der Waals surface area contributed by atoms with Gasteiger partial charge in [-0.1, -0.05) is 18.7 Å². The second kappa shape index (κ2) is 4.83. The van der Waals surface area contributed by atoms with Crippen molar-refractivity contribution in [2.75, 3.05) is 7.11 Å². The molecule has 0 aliphatic heterocycles. The van der Waals surface area contributed by atoms with E-state index in [0.717, 1.165) is 22.6 Å². The fourth-order valence-corrected chi connectivity index (χ4v) is 1.74. The predicted molar refractivity (Wildman–Crippen MR) is 71.1 cm³/mol. The fourth-order valence-electron chi connectivity index (χ4n) is 1.74. The molecule has 0 bridgehead atoms. The number of pyridine rings is 1. The molecule has 1 aromatic carbocycles. The van der Waals surface area contributed by atoms with Crippen molar-refractivity contribution in [3.05, 3.63) is 54.2 Å². The molecule has 1 aromatic heterocycles. The van der Waals surface area contributed by atoms with Crippen LogP contribution in [0, 0.1) is 6.92 Å².